The maximum atomic E-state index is 14.1. The largest absolute Gasteiger partial charge is 0.481 e. The van der Waals surface area contributed by atoms with Crippen LogP contribution in [0.3, 0.4) is 0 Å². The summed E-state index contributed by atoms with van der Waals surface area (Å²) >= 11 is 0. The lowest BCUT2D eigenvalue weighted by atomic mass is 9.88. The molecule has 2 aromatic rings. The van der Waals surface area contributed by atoms with Crippen molar-refractivity contribution in [2.75, 3.05) is 18.0 Å². The highest BCUT2D eigenvalue weighted by Crippen LogP contribution is 2.36. The summed E-state index contributed by atoms with van der Waals surface area (Å²) < 4.78 is 52.4. The Kier molecular flexibility index (Phi) is 4.61. The number of nitrogens with zero attached hydrogens (tertiary/aromatic N) is 2. The fourth-order valence-electron chi connectivity index (χ4n) is 3.07. The Morgan fingerprint density at radius 3 is 2.52 bits per heavy atom. The summed E-state index contributed by atoms with van der Waals surface area (Å²) in [6.45, 7) is 0.193. The molecule has 8 heteroatoms. The van der Waals surface area contributed by atoms with Gasteiger partial charge in [0.25, 0.3) is 6.43 Å². The van der Waals surface area contributed by atoms with Crippen LogP contribution in [0.1, 0.15) is 23.5 Å². The molecule has 1 aromatic carbocycles. The molecule has 0 amide bonds. The van der Waals surface area contributed by atoms with Gasteiger partial charge in [0, 0.05) is 36.8 Å². The summed E-state index contributed by atoms with van der Waals surface area (Å²) in [4.78, 5) is 17.1. The molecule has 3 rings (SSSR count). The van der Waals surface area contributed by atoms with Gasteiger partial charge >= 0.3 is 5.97 Å². The van der Waals surface area contributed by atoms with Gasteiger partial charge in [0.1, 0.15) is 17.5 Å². The maximum Gasteiger partial charge on any atom is 0.308 e. The summed E-state index contributed by atoms with van der Waals surface area (Å²) in [7, 11) is 0. The van der Waals surface area contributed by atoms with E-state index < -0.39 is 35.9 Å². The molecule has 132 valence electrons. The monoisotopic (exact) mass is 354 g/mol. The van der Waals surface area contributed by atoms with E-state index in [1.165, 1.54) is 18.2 Å². The van der Waals surface area contributed by atoms with Crippen molar-refractivity contribution in [1.29, 1.82) is 0 Å². The van der Waals surface area contributed by atoms with Crippen molar-refractivity contribution in [3.8, 4) is 0 Å². The second kappa shape index (κ2) is 6.70. The first-order valence-corrected chi connectivity index (χ1v) is 7.53. The molecule has 1 aliphatic heterocycles. The number of carboxylic acid groups (broad SMARTS) is 1. The average Bonchev–Trinajstić information content (AvgIpc) is 3.00. The number of carboxylic acids is 1. The summed E-state index contributed by atoms with van der Waals surface area (Å²) in [5.41, 5.74) is -0.126. The molecule has 2 heterocycles. The van der Waals surface area contributed by atoms with Crippen LogP contribution >= 0.6 is 0 Å². The topological polar surface area (TPSA) is 53.4 Å². The highest BCUT2D eigenvalue weighted by molar-refractivity contribution is 5.74. The van der Waals surface area contributed by atoms with Gasteiger partial charge in [-0.1, -0.05) is 6.07 Å². The molecule has 1 N–H and O–H groups in total. The van der Waals surface area contributed by atoms with Crippen molar-refractivity contribution >= 4 is 11.8 Å². The molecule has 1 aliphatic rings. The Morgan fingerprint density at radius 1 is 1.20 bits per heavy atom. The fourth-order valence-corrected chi connectivity index (χ4v) is 3.07. The maximum absolute atomic E-state index is 14.1. The van der Waals surface area contributed by atoms with E-state index in [4.69, 9.17) is 0 Å². The number of halogens is 4. The second-order valence-corrected chi connectivity index (χ2v) is 5.87. The molecule has 4 nitrogen and oxygen atoms in total. The van der Waals surface area contributed by atoms with Crippen LogP contribution in [0.25, 0.3) is 0 Å². The number of carbonyl (C=O) groups is 1. The number of alkyl halides is 2. The van der Waals surface area contributed by atoms with E-state index in [1.807, 2.05) is 0 Å². The molecule has 1 fully saturated rings. The van der Waals surface area contributed by atoms with Gasteiger partial charge in [-0.25, -0.2) is 22.5 Å². The van der Waals surface area contributed by atoms with E-state index >= 15 is 0 Å². The van der Waals surface area contributed by atoms with Crippen LogP contribution in [0, 0.1) is 17.6 Å². The molecule has 0 spiro atoms. The minimum absolute atomic E-state index is 0.0534. The third-order valence-corrected chi connectivity index (χ3v) is 4.35. The van der Waals surface area contributed by atoms with E-state index in [0.29, 0.717) is 11.9 Å². The number of benzene rings is 1. The van der Waals surface area contributed by atoms with Gasteiger partial charge in [0.15, 0.2) is 0 Å². The van der Waals surface area contributed by atoms with Crippen molar-refractivity contribution in [3.05, 3.63) is 59.3 Å². The molecule has 1 aromatic heterocycles. The highest BCUT2D eigenvalue weighted by Gasteiger charge is 2.40. The zero-order valence-corrected chi connectivity index (χ0v) is 12.9. The molecule has 0 saturated carbocycles. The fraction of sp³-hybridized carbons (Fsp3) is 0.294. The molecule has 0 unspecified atom stereocenters. The standard InChI is InChI=1S/C17H14F4N2O2/c18-10-2-3-11(14(19)5-10)12-7-23(8-13(12)17(24)25)15-4-1-9(6-22-15)16(20)21/h1-6,12-13,16H,7-8H2,(H,24,25)/t12-,13+/m0/s1. The van der Waals surface area contributed by atoms with E-state index in [9.17, 15) is 27.5 Å². The minimum Gasteiger partial charge on any atom is -0.481 e. The summed E-state index contributed by atoms with van der Waals surface area (Å²) in [5, 5.41) is 9.43. The van der Waals surface area contributed by atoms with Gasteiger partial charge in [0.2, 0.25) is 0 Å². The third kappa shape index (κ3) is 3.42. The lowest BCUT2D eigenvalue weighted by Gasteiger charge is -2.18. The minimum atomic E-state index is -2.65. The van der Waals surface area contributed by atoms with Gasteiger partial charge in [-0.05, 0) is 23.8 Å². The zero-order chi connectivity index (χ0) is 18.1. The molecule has 25 heavy (non-hydrogen) atoms. The van der Waals surface area contributed by atoms with Crippen molar-refractivity contribution < 1.29 is 27.5 Å². The van der Waals surface area contributed by atoms with Gasteiger partial charge in [-0.15, -0.1) is 0 Å². The number of hydrogen-bond acceptors (Lipinski definition) is 3. The van der Waals surface area contributed by atoms with Crippen LogP contribution in [-0.2, 0) is 4.79 Å². The van der Waals surface area contributed by atoms with Crippen LogP contribution in [-0.4, -0.2) is 29.1 Å². The summed E-state index contributed by atoms with van der Waals surface area (Å²) in [6.07, 6.45) is -1.62. The van der Waals surface area contributed by atoms with E-state index in [2.05, 4.69) is 4.98 Å². The van der Waals surface area contributed by atoms with Gasteiger partial charge in [-0.2, -0.15) is 0 Å². The first-order valence-electron chi connectivity index (χ1n) is 7.53. The quantitative estimate of drug-likeness (QED) is 0.853. The van der Waals surface area contributed by atoms with Crippen molar-refractivity contribution in [2.24, 2.45) is 5.92 Å². The number of hydrogen-bond donors (Lipinski definition) is 1. The van der Waals surface area contributed by atoms with Gasteiger partial charge in [-0.3, -0.25) is 4.79 Å². The van der Waals surface area contributed by atoms with Gasteiger partial charge in [0.05, 0.1) is 5.92 Å². The molecular weight excluding hydrogens is 340 g/mol. The first kappa shape index (κ1) is 17.2. The normalized spacial score (nSPS) is 20.3. The summed E-state index contributed by atoms with van der Waals surface area (Å²) in [6, 6.07) is 5.63. The van der Waals surface area contributed by atoms with Gasteiger partial charge < -0.3 is 10.0 Å². The average molecular weight is 354 g/mol. The molecule has 0 aliphatic carbocycles. The number of aliphatic carboxylic acids is 1. The van der Waals surface area contributed by atoms with E-state index in [0.717, 1.165) is 12.3 Å². The van der Waals surface area contributed by atoms with Crippen LogP contribution in [0.5, 0.6) is 0 Å². The van der Waals surface area contributed by atoms with Crippen molar-refractivity contribution in [1.82, 2.24) is 4.98 Å². The molecule has 2 atom stereocenters. The van der Waals surface area contributed by atoms with E-state index in [-0.39, 0.29) is 24.2 Å². The second-order valence-electron chi connectivity index (χ2n) is 5.87. The smallest absolute Gasteiger partial charge is 0.308 e. The third-order valence-electron chi connectivity index (χ3n) is 4.35. The van der Waals surface area contributed by atoms with Crippen molar-refractivity contribution in [2.45, 2.75) is 12.3 Å². The van der Waals surface area contributed by atoms with Crippen LogP contribution < -0.4 is 4.90 Å². The number of aromatic nitrogens is 1. The lowest BCUT2D eigenvalue weighted by molar-refractivity contribution is -0.141. The molecule has 0 radical (unpaired) electrons. The highest BCUT2D eigenvalue weighted by atomic mass is 19.3. The number of anilines is 1. The number of pyridine rings is 1. The van der Waals surface area contributed by atoms with Crippen LogP contribution in [0.4, 0.5) is 23.4 Å². The van der Waals surface area contributed by atoms with Crippen molar-refractivity contribution in [3.63, 3.8) is 0 Å². The Balaban J connectivity index is 1.88. The molecule has 1 saturated heterocycles. The lowest BCUT2D eigenvalue weighted by Crippen LogP contribution is -2.23. The first-order chi connectivity index (χ1) is 11.9. The summed E-state index contributed by atoms with van der Waals surface area (Å²) in [5.74, 6) is -3.95. The Hall–Kier alpha value is -2.64. The Morgan fingerprint density at radius 2 is 1.96 bits per heavy atom. The Labute approximate surface area is 140 Å². The van der Waals surface area contributed by atoms with Crippen LogP contribution in [0.2, 0.25) is 0 Å². The number of rotatable bonds is 4. The SMILES string of the molecule is O=C(O)[C@@H]1CN(c2ccc(C(F)F)cn2)C[C@H]1c1ccc(F)cc1F. The van der Waals surface area contributed by atoms with Crippen LogP contribution in [0.15, 0.2) is 36.5 Å². The predicted molar refractivity (Wildman–Crippen MR) is 81.6 cm³/mol. The zero-order valence-electron chi connectivity index (χ0n) is 12.9. The molecule has 0 bridgehead atoms. The predicted octanol–water partition coefficient (Wildman–Crippen LogP) is 3.60. The Bertz CT molecular complexity index is 783. The molecular formula is C17H14F4N2O2. The van der Waals surface area contributed by atoms with E-state index in [1.54, 1.807) is 4.90 Å².